The van der Waals surface area contributed by atoms with E-state index in [0.717, 1.165) is 23.1 Å². The zero-order chi connectivity index (χ0) is 14.1. The molecule has 1 amide bonds. The van der Waals surface area contributed by atoms with E-state index in [4.69, 9.17) is 4.42 Å². The fourth-order valence-electron chi connectivity index (χ4n) is 2.11. The Bertz CT molecular complexity index is 625. The second-order valence-corrected chi connectivity index (χ2v) is 5.68. The van der Waals surface area contributed by atoms with Crippen LogP contribution in [0, 0.1) is 6.92 Å². The normalized spacial score (nSPS) is 13.5. The molecule has 2 aromatic heterocycles. The second kappa shape index (κ2) is 5.32. The number of hydrogen-bond donors (Lipinski definition) is 1. The van der Waals surface area contributed by atoms with Crippen LogP contribution in [-0.4, -0.2) is 26.2 Å². The molecule has 0 aromatic carbocycles. The second-order valence-electron chi connectivity index (χ2n) is 4.62. The van der Waals surface area contributed by atoms with Gasteiger partial charge < -0.3 is 14.3 Å². The molecule has 3 rings (SSSR count). The molecule has 6 nitrogen and oxygen atoms in total. The van der Waals surface area contributed by atoms with Crippen molar-refractivity contribution in [3.05, 3.63) is 29.2 Å². The van der Waals surface area contributed by atoms with Gasteiger partial charge in [-0.05, 0) is 6.92 Å². The van der Waals surface area contributed by atoms with E-state index in [0.29, 0.717) is 30.3 Å². The predicted molar refractivity (Wildman–Crippen MR) is 74.7 cm³/mol. The maximum atomic E-state index is 12.1. The summed E-state index contributed by atoms with van der Waals surface area (Å²) >= 11 is 1.74. The maximum absolute atomic E-state index is 12.1. The third-order valence-electron chi connectivity index (χ3n) is 3.13. The van der Waals surface area contributed by atoms with Crippen molar-refractivity contribution in [2.75, 3.05) is 5.75 Å². The molecule has 106 valence electrons. The summed E-state index contributed by atoms with van der Waals surface area (Å²) in [5, 5.41) is 3.85. The largest absolute Gasteiger partial charge is 0.435 e. The number of fused-ring (bicyclic) bond motifs is 1. The highest BCUT2D eigenvalue weighted by Gasteiger charge is 2.18. The summed E-state index contributed by atoms with van der Waals surface area (Å²) in [5.74, 6) is 1.72. The fourth-order valence-corrected chi connectivity index (χ4v) is 3.07. The smallest absolute Gasteiger partial charge is 0.289 e. The number of nitrogens with zero attached hydrogens (tertiary/aromatic N) is 3. The van der Waals surface area contributed by atoms with Crippen LogP contribution in [0.2, 0.25) is 0 Å². The number of oxazole rings is 1. The average molecular weight is 292 g/mol. The molecule has 0 saturated heterocycles. The number of carbonyl (C=O) groups is 1. The molecule has 0 fully saturated rings. The summed E-state index contributed by atoms with van der Waals surface area (Å²) in [4.78, 5) is 20.7. The van der Waals surface area contributed by atoms with E-state index in [2.05, 4.69) is 19.9 Å². The minimum absolute atomic E-state index is 0.240. The van der Waals surface area contributed by atoms with Gasteiger partial charge in [0.2, 0.25) is 5.76 Å². The lowest BCUT2D eigenvalue weighted by Gasteiger charge is -2.00. The molecular formula is C13H16N4O2S. The van der Waals surface area contributed by atoms with Crippen LogP contribution in [0.4, 0.5) is 0 Å². The van der Waals surface area contributed by atoms with Gasteiger partial charge in [0, 0.05) is 24.9 Å². The maximum Gasteiger partial charge on any atom is 0.289 e. The third-order valence-corrected chi connectivity index (χ3v) is 4.10. The summed E-state index contributed by atoms with van der Waals surface area (Å²) in [6.07, 6.45) is 2.67. The zero-order valence-corrected chi connectivity index (χ0v) is 12.3. The van der Waals surface area contributed by atoms with Crippen LogP contribution >= 0.6 is 11.8 Å². The highest BCUT2D eigenvalue weighted by molar-refractivity contribution is 7.99. The number of carbonyl (C=O) groups excluding carboxylic acids is 1. The molecule has 0 saturated carbocycles. The van der Waals surface area contributed by atoms with E-state index in [-0.39, 0.29) is 5.91 Å². The van der Waals surface area contributed by atoms with Crippen LogP contribution in [0.3, 0.4) is 0 Å². The highest BCUT2D eigenvalue weighted by Crippen LogP contribution is 2.24. The predicted octanol–water partition coefficient (Wildman–Crippen LogP) is 1.78. The van der Waals surface area contributed by atoms with Crippen molar-refractivity contribution in [3.8, 4) is 0 Å². The number of thioether (sulfide) groups is 1. The van der Waals surface area contributed by atoms with Crippen LogP contribution in [0.5, 0.6) is 0 Å². The lowest BCUT2D eigenvalue weighted by atomic mass is 10.3. The number of nitrogens with one attached hydrogen (secondary N) is 1. The molecule has 0 atom stereocenters. The minimum atomic E-state index is -0.240. The fraction of sp³-hybridized carbons (Fsp3) is 0.462. The number of hydrogen-bond acceptors (Lipinski definition) is 5. The van der Waals surface area contributed by atoms with E-state index < -0.39 is 0 Å². The number of aromatic nitrogens is 3. The molecule has 1 aliphatic rings. The highest BCUT2D eigenvalue weighted by atomic mass is 32.2. The van der Waals surface area contributed by atoms with E-state index >= 15 is 0 Å². The van der Waals surface area contributed by atoms with Gasteiger partial charge in [-0.2, -0.15) is 0 Å². The first-order valence-electron chi connectivity index (χ1n) is 6.60. The quantitative estimate of drug-likeness (QED) is 0.930. The molecule has 0 spiro atoms. The molecule has 1 N–H and O–H groups in total. The molecule has 7 heteroatoms. The molecule has 3 heterocycles. The molecule has 1 aliphatic heterocycles. The summed E-state index contributed by atoms with van der Waals surface area (Å²) in [5.41, 5.74) is 1.50. The van der Waals surface area contributed by atoms with Gasteiger partial charge in [-0.3, -0.25) is 4.79 Å². The summed E-state index contributed by atoms with van der Waals surface area (Å²) in [6, 6.07) is 0. The first-order valence-corrected chi connectivity index (χ1v) is 7.59. The Labute approximate surface area is 121 Å². The van der Waals surface area contributed by atoms with E-state index in [1.807, 2.05) is 13.1 Å². The van der Waals surface area contributed by atoms with Crippen molar-refractivity contribution in [1.29, 1.82) is 0 Å². The van der Waals surface area contributed by atoms with Crippen LogP contribution < -0.4 is 5.32 Å². The first-order chi connectivity index (χ1) is 9.67. The Morgan fingerprint density at radius 1 is 1.55 bits per heavy atom. The van der Waals surface area contributed by atoms with Gasteiger partial charge in [0.1, 0.15) is 0 Å². The van der Waals surface area contributed by atoms with Crippen molar-refractivity contribution in [2.24, 2.45) is 0 Å². The molecule has 0 unspecified atom stereocenters. The van der Waals surface area contributed by atoms with Gasteiger partial charge >= 0.3 is 0 Å². The summed E-state index contributed by atoms with van der Waals surface area (Å²) in [7, 11) is 0. The Kier molecular flexibility index (Phi) is 3.52. The summed E-state index contributed by atoms with van der Waals surface area (Å²) in [6.45, 7) is 5.11. The number of rotatable bonds is 4. The Balaban J connectivity index is 1.65. The monoisotopic (exact) mass is 292 g/mol. The van der Waals surface area contributed by atoms with Gasteiger partial charge in [0.05, 0.1) is 17.9 Å². The SMILES string of the molecule is CCc1nc(C)c(C(=O)NCc2cn3c(n2)SCC3)o1. The van der Waals surface area contributed by atoms with Crippen molar-refractivity contribution < 1.29 is 9.21 Å². The van der Waals surface area contributed by atoms with Gasteiger partial charge in [-0.25, -0.2) is 9.97 Å². The first kappa shape index (κ1) is 13.2. The van der Waals surface area contributed by atoms with Gasteiger partial charge in [-0.15, -0.1) is 0 Å². The lowest BCUT2D eigenvalue weighted by Crippen LogP contribution is -2.23. The number of aryl methyl sites for hydroxylation is 3. The third kappa shape index (κ3) is 2.45. The topological polar surface area (TPSA) is 73.0 Å². The van der Waals surface area contributed by atoms with Crippen molar-refractivity contribution in [3.63, 3.8) is 0 Å². The van der Waals surface area contributed by atoms with Crippen molar-refractivity contribution in [1.82, 2.24) is 19.9 Å². The molecule has 0 radical (unpaired) electrons. The average Bonchev–Trinajstić information content (AvgIpc) is 3.09. The summed E-state index contributed by atoms with van der Waals surface area (Å²) < 4.78 is 7.53. The Morgan fingerprint density at radius 2 is 2.40 bits per heavy atom. The van der Waals surface area contributed by atoms with Gasteiger partial charge in [0.15, 0.2) is 11.0 Å². The van der Waals surface area contributed by atoms with Gasteiger partial charge in [-0.1, -0.05) is 18.7 Å². The van der Waals surface area contributed by atoms with Crippen LogP contribution in [0.15, 0.2) is 15.8 Å². The molecule has 0 aliphatic carbocycles. The van der Waals surface area contributed by atoms with Gasteiger partial charge in [0.25, 0.3) is 5.91 Å². The van der Waals surface area contributed by atoms with Crippen LogP contribution in [0.25, 0.3) is 0 Å². The lowest BCUT2D eigenvalue weighted by molar-refractivity contribution is 0.0920. The molecule has 2 aromatic rings. The van der Waals surface area contributed by atoms with E-state index in [1.54, 1.807) is 18.7 Å². The van der Waals surface area contributed by atoms with Crippen LogP contribution in [0.1, 0.15) is 34.8 Å². The Morgan fingerprint density at radius 3 is 3.10 bits per heavy atom. The number of imidazole rings is 1. The Hall–Kier alpha value is -1.76. The molecule has 20 heavy (non-hydrogen) atoms. The number of amides is 1. The minimum Gasteiger partial charge on any atom is -0.435 e. The molecular weight excluding hydrogens is 276 g/mol. The zero-order valence-electron chi connectivity index (χ0n) is 11.5. The van der Waals surface area contributed by atoms with Crippen LogP contribution in [-0.2, 0) is 19.5 Å². The van der Waals surface area contributed by atoms with Crippen molar-refractivity contribution in [2.45, 2.75) is 38.5 Å². The van der Waals surface area contributed by atoms with E-state index in [9.17, 15) is 4.79 Å². The van der Waals surface area contributed by atoms with E-state index in [1.165, 1.54) is 0 Å². The molecule has 0 bridgehead atoms. The standard InChI is InChI=1S/C13H16N4O2S/c1-3-10-15-8(2)11(19-10)12(18)14-6-9-7-17-4-5-20-13(17)16-9/h7H,3-6H2,1-2H3,(H,14,18). The van der Waals surface area contributed by atoms with Crippen molar-refractivity contribution >= 4 is 17.7 Å².